The van der Waals surface area contributed by atoms with E-state index in [4.69, 9.17) is 10.8 Å². The molecule has 32 heavy (non-hydrogen) atoms. The van der Waals surface area contributed by atoms with E-state index in [1.54, 1.807) is 11.0 Å². The fourth-order valence-electron chi connectivity index (χ4n) is 4.52. The minimum Gasteiger partial charge on any atom is -0.367 e. The van der Waals surface area contributed by atoms with Crippen molar-refractivity contribution < 1.29 is 9.90 Å². The number of anilines is 3. The van der Waals surface area contributed by atoms with Gasteiger partial charge in [-0.3, -0.25) is 25.4 Å². The van der Waals surface area contributed by atoms with E-state index >= 15 is 0 Å². The number of rotatable bonds is 4. The number of aryl methyl sites for hydroxylation is 2. The zero-order chi connectivity index (χ0) is 22.6. The maximum atomic E-state index is 13.5. The SMILES string of the molecule is CCc1cnc2c(c1)CCN2C(=O)c1cc2c(cc1C)N(C(=N)CC1CC1)C(=N)C(O)N2. The molecule has 2 aliphatic heterocycles. The van der Waals surface area contributed by atoms with Crippen LogP contribution in [-0.4, -0.2) is 40.4 Å². The number of aliphatic hydroxyl groups is 1. The van der Waals surface area contributed by atoms with Gasteiger partial charge in [-0.25, -0.2) is 4.98 Å². The van der Waals surface area contributed by atoms with E-state index in [2.05, 4.69) is 23.3 Å². The van der Waals surface area contributed by atoms with Crippen LogP contribution in [-0.2, 0) is 12.8 Å². The summed E-state index contributed by atoms with van der Waals surface area (Å²) in [5.41, 5.74) is 4.74. The number of carbonyl (C=O) groups is 1. The molecule has 8 nitrogen and oxygen atoms in total. The first-order chi connectivity index (χ1) is 15.4. The summed E-state index contributed by atoms with van der Waals surface area (Å²) >= 11 is 0. The van der Waals surface area contributed by atoms with Gasteiger partial charge in [0.05, 0.1) is 11.4 Å². The molecule has 1 saturated carbocycles. The molecule has 1 aromatic heterocycles. The summed E-state index contributed by atoms with van der Waals surface area (Å²) in [6, 6.07) is 5.70. The Balaban J connectivity index is 1.48. The van der Waals surface area contributed by atoms with Gasteiger partial charge in [0.25, 0.3) is 5.91 Å². The number of hydrogen-bond acceptors (Lipinski definition) is 6. The fourth-order valence-corrected chi connectivity index (χ4v) is 4.52. The summed E-state index contributed by atoms with van der Waals surface area (Å²) in [6.45, 7) is 4.55. The third-order valence-electron chi connectivity index (χ3n) is 6.57. The quantitative estimate of drug-likeness (QED) is 0.436. The first-order valence-electron chi connectivity index (χ1n) is 11.2. The van der Waals surface area contributed by atoms with Crippen molar-refractivity contribution in [3.05, 3.63) is 46.6 Å². The predicted octanol–water partition coefficient (Wildman–Crippen LogP) is 3.46. The summed E-state index contributed by atoms with van der Waals surface area (Å²) in [5.74, 6) is 1.32. The van der Waals surface area contributed by atoms with Crippen molar-refractivity contribution in [2.24, 2.45) is 5.92 Å². The van der Waals surface area contributed by atoms with Crippen LogP contribution >= 0.6 is 0 Å². The lowest BCUT2D eigenvalue weighted by molar-refractivity contribution is 0.0988. The number of aliphatic hydroxyl groups excluding tert-OH is 1. The van der Waals surface area contributed by atoms with Gasteiger partial charge in [0.2, 0.25) is 0 Å². The summed E-state index contributed by atoms with van der Waals surface area (Å²) in [6.07, 6.45) is 5.10. The highest BCUT2D eigenvalue weighted by Gasteiger charge is 2.35. The summed E-state index contributed by atoms with van der Waals surface area (Å²) in [4.78, 5) is 21.3. The Hall–Kier alpha value is -3.26. The highest BCUT2D eigenvalue weighted by molar-refractivity contribution is 6.23. The number of carbonyl (C=O) groups excluding carboxylic acids is 1. The van der Waals surface area contributed by atoms with Crippen LogP contribution in [0.5, 0.6) is 0 Å². The van der Waals surface area contributed by atoms with E-state index in [1.807, 2.05) is 19.2 Å². The smallest absolute Gasteiger partial charge is 0.259 e. The van der Waals surface area contributed by atoms with Crippen molar-refractivity contribution in [1.29, 1.82) is 10.8 Å². The molecule has 4 N–H and O–H groups in total. The molecule has 5 rings (SSSR count). The van der Waals surface area contributed by atoms with Gasteiger partial charge < -0.3 is 10.4 Å². The highest BCUT2D eigenvalue weighted by Crippen LogP contribution is 2.39. The minimum atomic E-state index is -1.23. The Bertz CT molecular complexity index is 1140. The van der Waals surface area contributed by atoms with Gasteiger partial charge in [-0.2, -0.15) is 0 Å². The van der Waals surface area contributed by atoms with Gasteiger partial charge in [-0.15, -0.1) is 0 Å². The van der Waals surface area contributed by atoms with Crippen LogP contribution in [0.4, 0.5) is 17.2 Å². The Kier molecular flexibility index (Phi) is 4.97. The Morgan fingerprint density at radius 3 is 2.81 bits per heavy atom. The fraction of sp³-hybridized carbons (Fsp3) is 0.417. The molecule has 8 heteroatoms. The molecule has 1 atom stereocenters. The lowest BCUT2D eigenvalue weighted by Crippen LogP contribution is -2.49. The maximum Gasteiger partial charge on any atom is 0.259 e. The van der Waals surface area contributed by atoms with Crippen LogP contribution in [0.1, 0.15) is 53.2 Å². The average Bonchev–Trinajstić information content (AvgIpc) is 3.49. The Morgan fingerprint density at radius 2 is 2.09 bits per heavy atom. The number of hydrogen-bond donors (Lipinski definition) is 4. The van der Waals surface area contributed by atoms with Crippen LogP contribution in [0.2, 0.25) is 0 Å². The van der Waals surface area contributed by atoms with Crippen molar-refractivity contribution >= 4 is 34.8 Å². The molecule has 166 valence electrons. The van der Waals surface area contributed by atoms with Crippen LogP contribution < -0.4 is 15.1 Å². The van der Waals surface area contributed by atoms with Crippen molar-refractivity contribution in [3.8, 4) is 0 Å². The lowest BCUT2D eigenvalue weighted by atomic mass is 10.0. The molecule has 0 radical (unpaired) electrons. The topological polar surface area (TPSA) is 116 Å². The predicted molar refractivity (Wildman–Crippen MR) is 125 cm³/mol. The van der Waals surface area contributed by atoms with Crippen LogP contribution in [0.3, 0.4) is 0 Å². The van der Waals surface area contributed by atoms with Crippen LogP contribution in [0, 0.1) is 23.7 Å². The second kappa shape index (κ2) is 7.70. The average molecular weight is 433 g/mol. The van der Waals surface area contributed by atoms with Gasteiger partial charge in [-0.1, -0.05) is 13.0 Å². The molecule has 1 aromatic carbocycles. The third-order valence-corrected chi connectivity index (χ3v) is 6.57. The van der Waals surface area contributed by atoms with E-state index in [-0.39, 0.29) is 11.7 Å². The molecule has 2 aromatic rings. The molecule has 1 unspecified atom stereocenters. The monoisotopic (exact) mass is 432 g/mol. The number of amidine groups is 2. The molecular formula is C24H28N6O2. The minimum absolute atomic E-state index is 0.0639. The maximum absolute atomic E-state index is 13.5. The van der Waals surface area contributed by atoms with Gasteiger partial charge >= 0.3 is 0 Å². The van der Waals surface area contributed by atoms with Crippen LogP contribution in [0.25, 0.3) is 0 Å². The van der Waals surface area contributed by atoms with Crippen molar-refractivity contribution in [3.63, 3.8) is 0 Å². The van der Waals surface area contributed by atoms with E-state index in [1.165, 1.54) is 4.90 Å². The zero-order valence-corrected chi connectivity index (χ0v) is 18.4. The van der Waals surface area contributed by atoms with Crippen molar-refractivity contribution in [2.45, 2.75) is 52.2 Å². The number of fused-ring (bicyclic) bond motifs is 2. The molecule has 0 bridgehead atoms. The molecule has 1 fully saturated rings. The normalized spacial score (nSPS) is 19.5. The van der Waals surface area contributed by atoms with E-state index in [0.717, 1.165) is 42.4 Å². The van der Waals surface area contributed by atoms with Crippen molar-refractivity contribution in [1.82, 2.24) is 4.98 Å². The first kappa shape index (κ1) is 20.6. The lowest BCUT2D eigenvalue weighted by Gasteiger charge is -2.36. The van der Waals surface area contributed by atoms with Gasteiger partial charge in [0.1, 0.15) is 11.7 Å². The second-order valence-electron chi connectivity index (χ2n) is 8.93. The Labute approximate surface area is 187 Å². The number of nitrogens with one attached hydrogen (secondary N) is 3. The second-order valence-corrected chi connectivity index (χ2v) is 8.93. The largest absolute Gasteiger partial charge is 0.367 e. The standard InChI is InChI=1S/C24H28N6O2/c1-3-14-9-16-6-7-29(22(16)27-12-14)24(32)17-11-18-19(8-13(17)2)30(21(26)23(31)28-18)20(25)10-15-4-5-15/h8-9,11-12,15,23,25-26,28,31H,3-7,10H2,1-2H3. The van der Waals surface area contributed by atoms with E-state index in [9.17, 15) is 9.90 Å². The first-order valence-corrected chi connectivity index (χ1v) is 11.2. The number of benzene rings is 1. The molecule has 1 aliphatic carbocycles. The number of nitrogens with zero attached hydrogens (tertiary/aromatic N) is 3. The molecule has 0 saturated heterocycles. The van der Waals surface area contributed by atoms with Crippen molar-refractivity contribution in [2.75, 3.05) is 21.7 Å². The van der Waals surface area contributed by atoms with Gasteiger partial charge in [0.15, 0.2) is 12.1 Å². The molecule has 1 amide bonds. The summed E-state index contributed by atoms with van der Waals surface area (Å²) in [7, 11) is 0. The summed E-state index contributed by atoms with van der Waals surface area (Å²) < 4.78 is 0. The molecule has 3 aliphatic rings. The highest BCUT2D eigenvalue weighted by atomic mass is 16.3. The third kappa shape index (κ3) is 3.44. The van der Waals surface area contributed by atoms with E-state index < -0.39 is 6.23 Å². The van der Waals surface area contributed by atoms with Gasteiger partial charge in [0, 0.05) is 24.7 Å². The number of amides is 1. The zero-order valence-electron chi connectivity index (χ0n) is 18.4. The van der Waals surface area contributed by atoms with Crippen LogP contribution in [0.15, 0.2) is 24.4 Å². The molecular weight excluding hydrogens is 404 g/mol. The number of aromatic nitrogens is 1. The van der Waals surface area contributed by atoms with Gasteiger partial charge in [-0.05, 0) is 67.3 Å². The molecule has 0 spiro atoms. The van der Waals surface area contributed by atoms with E-state index in [0.29, 0.717) is 47.5 Å². The Morgan fingerprint density at radius 1 is 1.31 bits per heavy atom. The summed E-state index contributed by atoms with van der Waals surface area (Å²) in [5, 5.41) is 30.2. The number of pyridine rings is 1. The molecule has 3 heterocycles.